The molecule has 2 fully saturated rings. The molecular formula is C13H26N2O2. The van der Waals surface area contributed by atoms with Gasteiger partial charge in [-0.25, -0.2) is 0 Å². The van der Waals surface area contributed by atoms with Gasteiger partial charge in [0.1, 0.15) is 0 Å². The summed E-state index contributed by atoms with van der Waals surface area (Å²) in [6.07, 6.45) is 3.74. The Morgan fingerprint density at radius 1 is 1.18 bits per heavy atom. The molecule has 100 valence electrons. The summed E-state index contributed by atoms with van der Waals surface area (Å²) in [6, 6.07) is 0.755. The number of rotatable bonds is 5. The zero-order valence-electron chi connectivity index (χ0n) is 11.0. The number of hydrogen-bond acceptors (Lipinski definition) is 4. The lowest BCUT2D eigenvalue weighted by molar-refractivity contribution is 0.0935. The van der Waals surface area contributed by atoms with Crippen molar-refractivity contribution in [2.75, 3.05) is 53.0 Å². The number of ether oxygens (including phenoxy) is 1. The Hall–Kier alpha value is -0.160. The predicted octanol–water partition coefficient (Wildman–Crippen LogP) is 0.411. The van der Waals surface area contributed by atoms with E-state index in [-0.39, 0.29) is 0 Å². The molecule has 2 aliphatic rings. The monoisotopic (exact) mass is 242 g/mol. The number of methoxy groups -OCH3 is 1. The lowest BCUT2D eigenvalue weighted by Crippen LogP contribution is -2.44. The van der Waals surface area contributed by atoms with Crippen LogP contribution in [0.5, 0.6) is 0 Å². The van der Waals surface area contributed by atoms with E-state index in [0.717, 1.165) is 25.7 Å². The summed E-state index contributed by atoms with van der Waals surface area (Å²) in [7, 11) is 1.77. The van der Waals surface area contributed by atoms with E-state index in [0.29, 0.717) is 12.5 Å². The van der Waals surface area contributed by atoms with E-state index in [1.54, 1.807) is 7.11 Å². The highest BCUT2D eigenvalue weighted by molar-refractivity contribution is 4.85. The lowest BCUT2D eigenvalue weighted by atomic mass is 10.0. The Balaban J connectivity index is 1.68. The first-order valence-electron chi connectivity index (χ1n) is 6.89. The average molecular weight is 242 g/mol. The minimum Gasteiger partial charge on any atom is -0.396 e. The molecule has 17 heavy (non-hydrogen) atoms. The first-order valence-corrected chi connectivity index (χ1v) is 6.89. The predicted molar refractivity (Wildman–Crippen MR) is 68.1 cm³/mol. The van der Waals surface area contributed by atoms with Crippen LogP contribution in [0.25, 0.3) is 0 Å². The van der Waals surface area contributed by atoms with Gasteiger partial charge in [-0.1, -0.05) is 0 Å². The van der Waals surface area contributed by atoms with E-state index in [1.807, 2.05) is 0 Å². The van der Waals surface area contributed by atoms with Crippen LogP contribution >= 0.6 is 0 Å². The first kappa shape index (κ1) is 13.3. The van der Waals surface area contributed by atoms with Crippen LogP contribution in [0.4, 0.5) is 0 Å². The van der Waals surface area contributed by atoms with Crippen LogP contribution in [0.2, 0.25) is 0 Å². The van der Waals surface area contributed by atoms with Crippen molar-refractivity contribution in [1.29, 1.82) is 0 Å². The van der Waals surface area contributed by atoms with Crippen molar-refractivity contribution in [3.8, 4) is 0 Å². The van der Waals surface area contributed by atoms with E-state index < -0.39 is 0 Å². The van der Waals surface area contributed by atoms with Gasteiger partial charge in [0.05, 0.1) is 6.61 Å². The number of aliphatic hydroxyl groups excluding tert-OH is 1. The summed E-state index contributed by atoms with van der Waals surface area (Å²) in [5, 5.41) is 9.17. The second-order valence-electron chi connectivity index (χ2n) is 5.40. The minimum absolute atomic E-state index is 0.364. The van der Waals surface area contributed by atoms with Crippen molar-refractivity contribution in [2.24, 2.45) is 5.92 Å². The molecule has 0 aromatic carbocycles. The van der Waals surface area contributed by atoms with Gasteiger partial charge in [0.2, 0.25) is 0 Å². The maximum atomic E-state index is 9.17. The van der Waals surface area contributed by atoms with Crippen LogP contribution < -0.4 is 0 Å². The van der Waals surface area contributed by atoms with Crippen molar-refractivity contribution < 1.29 is 9.84 Å². The lowest BCUT2D eigenvalue weighted by Gasteiger charge is -2.36. The SMILES string of the molecule is COCCN1CCC(N2CCC(CO)C2)CC1. The highest BCUT2D eigenvalue weighted by atomic mass is 16.5. The standard InChI is InChI=1S/C13H26N2O2/c1-17-9-8-14-5-3-13(4-6-14)15-7-2-12(10-15)11-16/h12-13,16H,2-11H2,1H3. The normalized spacial score (nSPS) is 28.9. The van der Waals surface area contributed by atoms with Crippen LogP contribution in [-0.4, -0.2) is 74.0 Å². The molecule has 4 heteroatoms. The Kier molecular flexibility index (Phi) is 5.22. The van der Waals surface area contributed by atoms with E-state index in [4.69, 9.17) is 4.74 Å². The van der Waals surface area contributed by atoms with Crippen molar-refractivity contribution in [2.45, 2.75) is 25.3 Å². The third-order valence-electron chi connectivity index (χ3n) is 4.26. The fourth-order valence-corrected chi connectivity index (χ4v) is 3.07. The number of likely N-dealkylation sites (tertiary alicyclic amines) is 2. The molecule has 0 radical (unpaired) electrons. The first-order chi connectivity index (χ1) is 8.33. The van der Waals surface area contributed by atoms with E-state index in [2.05, 4.69) is 9.80 Å². The Bertz CT molecular complexity index is 217. The Labute approximate surface area is 105 Å². The van der Waals surface area contributed by atoms with E-state index in [9.17, 15) is 5.11 Å². The number of hydrogen-bond donors (Lipinski definition) is 1. The molecule has 1 N–H and O–H groups in total. The molecular weight excluding hydrogens is 216 g/mol. The summed E-state index contributed by atoms with van der Waals surface area (Å²) in [5.41, 5.74) is 0. The van der Waals surface area contributed by atoms with Crippen molar-refractivity contribution in [3.05, 3.63) is 0 Å². The van der Waals surface area contributed by atoms with Crippen LogP contribution in [0.1, 0.15) is 19.3 Å². The molecule has 0 saturated carbocycles. The molecule has 2 rings (SSSR count). The molecule has 2 saturated heterocycles. The summed E-state index contributed by atoms with van der Waals surface area (Å²) in [5.74, 6) is 0.529. The van der Waals surface area contributed by atoms with Crippen LogP contribution in [-0.2, 0) is 4.74 Å². The summed E-state index contributed by atoms with van der Waals surface area (Å²) in [6.45, 7) is 6.99. The van der Waals surface area contributed by atoms with Gasteiger partial charge in [-0.3, -0.25) is 4.90 Å². The number of nitrogens with zero attached hydrogens (tertiary/aromatic N) is 2. The Morgan fingerprint density at radius 2 is 1.94 bits per heavy atom. The second-order valence-corrected chi connectivity index (χ2v) is 5.40. The smallest absolute Gasteiger partial charge is 0.0589 e. The molecule has 0 aromatic rings. The zero-order valence-corrected chi connectivity index (χ0v) is 11.0. The fourth-order valence-electron chi connectivity index (χ4n) is 3.07. The molecule has 2 aliphatic heterocycles. The topological polar surface area (TPSA) is 35.9 Å². The van der Waals surface area contributed by atoms with Gasteiger partial charge in [0.15, 0.2) is 0 Å². The maximum absolute atomic E-state index is 9.17. The van der Waals surface area contributed by atoms with Gasteiger partial charge < -0.3 is 14.7 Å². The Morgan fingerprint density at radius 3 is 2.53 bits per heavy atom. The summed E-state index contributed by atoms with van der Waals surface area (Å²) in [4.78, 5) is 5.09. The zero-order chi connectivity index (χ0) is 12.1. The second kappa shape index (κ2) is 6.69. The largest absolute Gasteiger partial charge is 0.396 e. The highest BCUT2D eigenvalue weighted by Gasteiger charge is 2.30. The third-order valence-corrected chi connectivity index (χ3v) is 4.26. The summed E-state index contributed by atoms with van der Waals surface area (Å²) < 4.78 is 5.12. The highest BCUT2D eigenvalue weighted by Crippen LogP contribution is 2.23. The van der Waals surface area contributed by atoms with Crippen LogP contribution in [0, 0.1) is 5.92 Å². The number of piperidine rings is 1. The molecule has 2 heterocycles. The van der Waals surface area contributed by atoms with Gasteiger partial charge in [0.25, 0.3) is 0 Å². The molecule has 0 spiro atoms. The minimum atomic E-state index is 0.364. The van der Waals surface area contributed by atoms with E-state index >= 15 is 0 Å². The van der Waals surface area contributed by atoms with Crippen LogP contribution in [0.3, 0.4) is 0 Å². The summed E-state index contributed by atoms with van der Waals surface area (Å²) >= 11 is 0. The van der Waals surface area contributed by atoms with Crippen molar-refractivity contribution in [3.63, 3.8) is 0 Å². The van der Waals surface area contributed by atoms with Gasteiger partial charge in [-0.2, -0.15) is 0 Å². The van der Waals surface area contributed by atoms with Gasteiger partial charge in [0, 0.05) is 32.8 Å². The van der Waals surface area contributed by atoms with Crippen molar-refractivity contribution >= 4 is 0 Å². The molecule has 4 nitrogen and oxygen atoms in total. The maximum Gasteiger partial charge on any atom is 0.0589 e. The molecule has 1 unspecified atom stereocenters. The third kappa shape index (κ3) is 3.65. The quantitative estimate of drug-likeness (QED) is 0.757. The molecule has 1 atom stereocenters. The van der Waals surface area contributed by atoms with E-state index in [1.165, 1.54) is 38.9 Å². The molecule has 0 aliphatic carbocycles. The molecule has 0 amide bonds. The van der Waals surface area contributed by atoms with Gasteiger partial charge in [-0.05, 0) is 44.8 Å². The molecule has 0 aromatic heterocycles. The molecule has 0 bridgehead atoms. The van der Waals surface area contributed by atoms with Crippen molar-refractivity contribution in [1.82, 2.24) is 9.80 Å². The average Bonchev–Trinajstić information content (AvgIpc) is 2.86. The van der Waals surface area contributed by atoms with Gasteiger partial charge in [-0.15, -0.1) is 0 Å². The number of aliphatic hydroxyl groups is 1. The fraction of sp³-hybridized carbons (Fsp3) is 1.00. The van der Waals surface area contributed by atoms with Gasteiger partial charge >= 0.3 is 0 Å². The van der Waals surface area contributed by atoms with Crippen LogP contribution in [0.15, 0.2) is 0 Å².